The molecule has 2 heterocycles. The van der Waals surface area contributed by atoms with E-state index in [1.807, 2.05) is 42.2 Å². The number of rotatable bonds is 6. The number of likely N-dealkylation sites (tertiary alicyclic amines) is 1. The predicted molar refractivity (Wildman–Crippen MR) is 120 cm³/mol. The summed E-state index contributed by atoms with van der Waals surface area (Å²) in [6, 6.07) is 13.1. The average Bonchev–Trinajstić information content (AvgIpc) is 3.09. The smallest absolute Gasteiger partial charge is 0.257 e. The largest absolute Gasteiger partial charge is 0.365 e. The molecule has 2 aromatic carbocycles. The van der Waals surface area contributed by atoms with Gasteiger partial charge in [0.15, 0.2) is 5.50 Å². The number of primary amides is 1. The van der Waals surface area contributed by atoms with Gasteiger partial charge in [-0.2, -0.15) is 0 Å². The summed E-state index contributed by atoms with van der Waals surface area (Å²) in [5.74, 6) is -2.11. The van der Waals surface area contributed by atoms with Gasteiger partial charge in [-0.1, -0.05) is 42.1 Å². The zero-order chi connectivity index (χ0) is 22.8. The van der Waals surface area contributed by atoms with E-state index in [2.05, 4.69) is 0 Å². The second-order valence-electron chi connectivity index (χ2n) is 8.15. The van der Waals surface area contributed by atoms with Crippen LogP contribution in [0.4, 0.5) is 8.78 Å². The van der Waals surface area contributed by atoms with Crippen LogP contribution in [0.5, 0.6) is 0 Å². The van der Waals surface area contributed by atoms with Crippen LogP contribution < -0.4 is 5.73 Å². The summed E-state index contributed by atoms with van der Waals surface area (Å²) < 4.78 is 27.8. The van der Waals surface area contributed by atoms with Crippen molar-refractivity contribution in [2.75, 3.05) is 6.54 Å². The summed E-state index contributed by atoms with van der Waals surface area (Å²) >= 11 is 1.28. The molecule has 2 aliphatic heterocycles. The molecule has 2 aliphatic rings. The van der Waals surface area contributed by atoms with Crippen molar-refractivity contribution >= 4 is 23.6 Å². The van der Waals surface area contributed by atoms with E-state index in [1.54, 1.807) is 4.90 Å². The maximum absolute atomic E-state index is 14.2. The molecule has 2 amide bonds. The van der Waals surface area contributed by atoms with Crippen LogP contribution >= 0.6 is 11.8 Å². The highest BCUT2D eigenvalue weighted by atomic mass is 32.2. The molecule has 2 N–H and O–H groups in total. The van der Waals surface area contributed by atoms with Crippen LogP contribution in [0.2, 0.25) is 0 Å². The fourth-order valence-electron chi connectivity index (χ4n) is 4.35. The molecule has 32 heavy (non-hydrogen) atoms. The van der Waals surface area contributed by atoms with Crippen LogP contribution in [0.25, 0.3) is 0 Å². The number of hydrogen-bond donors (Lipinski definition) is 1. The van der Waals surface area contributed by atoms with Gasteiger partial charge in [0.2, 0.25) is 5.91 Å². The molecule has 0 spiro atoms. The standard InChI is InChI=1S/C24H25F2N3O2S/c1-15-21(22(27)30)32-24(29(15)14-16-6-3-2-4-7-16)28-11-5-8-17(23(28)31)12-18-13-19(25)9-10-20(18)26/h2-4,6-7,9-10,13,17,24H,5,8,11-12,14H2,1H3,(H2,27,30). The highest BCUT2D eigenvalue weighted by molar-refractivity contribution is 8.04. The van der Waals surface area contributed by atoms with Crippen molar-refractivity contribution in [2.45, 2.75) is 38.2 Å². The monoisotopic (exact) mass is 457 g/mol. The second kappa shape index (κ2) is 9.32. The van der Waals surface area contributed by atoms with E-state index in [4.69, 9.17) is 5.73 Å². The van der Waals surface area contributed by atoms with Gasteiger partial charge in [0.05, 0.1) is 4.91 Å². The van der Waals surface area contributed by atoms with Gasteiger partial charge in [0.25, 0.3) is 5.91 Å². The molecule has 1 fully saturated rings. The normalized spacial score (nSPS) is 21.4. The van der Waals surface area contributed by atoms with Gasteiger partial charge in [-0.3, -0.25) is 9.59 Å². The molecule has 4 rings (SSSR count). The molecule has 0 bridgehead atoms. The first kappa shape index (κ1) is 22.3. The van der Waals surface area contributed by atoms with E-state index in [0.29, 0.717) is 24.4 Å². The molecular formula is C24H25F2N3O2S. The highest BCUT2D eigenvalue weighted by Crippen LogP contribution is 2.42. The van der Waals surface area contributed by atoms with Gasteiger partial charge in [-0.05, 0) is 55.5 Å². The van der Waals surface area contributed by atoms with Crippen LogP contribution in [-0.4, -0.2) is 33.7 Å². The number of allylic oxidation sites excluding steroid dienone is 1. The van der Waals surface area contributed by atoms with Crippen molar-refractivity contribution < 1.29 is 18.4 Å². The number of benzene rings is 2. The molecule has 0 aliphatic carbocycles. The van der Waals surface area contributed by atoms with Crippen molar-refractivity contribution in [1.82, 2.24) is 9.80 Å². The van der Waals surface area contributed by atoms with Crippen LogP contribution in [0, 0.1) is 17.6 Å². The van der Waals surface area contributed by atoms with Crippen LogP contribution in [0.3, 0.4) is 0 Å². The number of carbonyl (C=O) groups is 2. The molecule has 1 saturated heterocycles. The first-order valence-electron chi connectivity index (χ1n) is 10.6. The molecular weight excluding hydrogens is 432 g/mol. The van der Waals surface area contributed by atoms with Gasteiger partial charge in [0, 0.05) is 24.7 Å². The molecule has 5 nitrogen and oxygen atoms in total. The Kier molecular flexibility index (Phi) is 6.50. The Morgan fingerprint density at radius 1 is 1.19 bits per heavy atom. The van der Waals surface area contributed by atoms with Gasteiger partial charge in [-0.25, -0.2) is 8.78 Å². The maximum atomic E-state index is 14.2. The molecule has 2 unspecified atom stereocenters. The lowest BCUT2D eigenvalue weighted by molar-refractivity contribution is -0.141. The predicted octanol–water partition coefficient (Wildman–Crippen LogP) is 4.00. The van der Waals surface area contributed by atoms with Crippen molar-refractivity contribution in [3.63, 3.8) is 0 Å². The topological polar surface area (TPSA) is 66.6 Å². The Bertz CT molecular complexity index is 1060. The fraction of sp³-hybridized carbons (Fsp3) is 0.333. The number of hydrogen-bond acceptors (Lipinski definition) is 4. The van der Waals surface area contributed by atoms with E-state index >= 15 is 0 Å². The van der Waals surface area contributed by atoms with Crippen molar-refractivity contribution in [1.29, 1.82) is 0 Å². The third-order valence-electron chi connectivity index (χ3n) is 5.99. The number of amides is 2. The summed E-state index contributed by atoms with van der Waals surface area (Å²) in [5, 5.41) is 0. The van der Waals surface area contributed by atoms with Gasteiger partial charge >= 0.3 is 0 Å². The maximum Gasteiger partial charge on any atom is 0.257 e. The van der Waals surface area contributed by atoms with Crippen LogP contribution in [0.15, 0.2) is 59.1 Å². The SMILES string of the molecule is CC1=C(C(N)=O)SC(N2CCCC(Cc3cc(F)ccc3F)C2=O)N1Cc1ccccc1. The lowest BCUT2D eigenvalue weighted by Gasteiger charge is -2.41. The second-order valence-corrected chi connectivity index (χ2v) is 9.21. The summed E-state index contributed by atoms with van der Waals surface area (Å²) in [6.07, 6.45) is 1.50. The van der Waals surface area contributed by atoms with E-state index in [-0.39, 0.29) is 17.9 Å². The molecule has 8 heteroatoms. The third-order valence-corrected chi connectivity index (χ3v) is 7.45. The van der Waals surface area contributed by atoms with Crippen molar-refractivity contribution in [3.8, 4) is 0 Å². The first-order chi connectivity index (χ1) is 15.3. The average molecular weight is 458 g/mol. The highest BCUT2D eigenvalue weighted by Gasteiger charge is 2.42. The molecule has 2 atom stereocenters. The van der Waals surface area contributed by atoms with E-state index < -0.39 is 29.0 Å². The van der Waals surface area contributed by atoms with Crippen LogP contribution in [-0.2, 0) is 22.6 Å². The van der Waals surface area contributed by atoms with E-state index in [9.17, 15) is 18.4 Å². The van der Waals surface area contributed by atoms with E-state index in [0.717, 1.165) is 35.9 Å². The Morgan fingerprint density at radius 2 is 1.94 bits per heavy atom. The van der Waals surface area contributed by atoms with Crippen LogP contribution in [0.1, 0.15) is 30.9 Å². The zero-order valence-corrected chi connectivity index (χ0v) is 18.6. The number of carbonyl (C=O) groups excluding carboxylic acids is 2. The van der Waals surface area contributed by atoms with E-state index in [1.165, 1.54) is 11.8 Å². The number of nitrogens with two attached hydrogens (primary N) is 1. The summed E-state index contributed by atoms with van der Waals surface area (Å²) in [7, 11) is 0. The van der Waals surface area contributed by atoms with Gasteiger partial charge < -0.3 is 15.5 Å². The minimum atomic E-state index is -0.521. The van der Waals surface area contributed by atoms with Gasteiger partial charge in [-0.15, -0.1) is 0 Å². The third kappa shape index (κ3) is 4.50. The Labute approximate surface area is 190 Å². The molecule has 0 aromatic heterocycles. The number of nitrogens with zero attached hydrogens (tertiary/aromatic N) is 2. The number of thioether (sulfide) groups is 1. The molecule has 168 valence electrons. The molecule has 0 saturated carbocycles. The zero-order valence-electron chi connectivity index (χ0n) is 17.8. The number of piperidine rings is 1. The number of halogens is 2. The molecule has 2 aromatic rings. The lowest BCUT2D eigenvalue weighted by Crippen LogP contribution is -2.51. The Morgan fingerprint density at radius 3 is 2.66 bits per heavy atom. The lowest BCUT2D eigenvalue weighted by atomic mass is 9.90. The first-order valence-corrected chi connectivity index (χ1v) is 11.5. The quantitative estimate of drug-likeness (QED) is 0.712. The minimum Gasteiger partial charge on any atom is -0.365 e. The van der Waals surface area contributed by atoms with Crippen molar-refractivity contribution in [2.24, 2.45) is 11.7 Å². The summed E-state index contributed by atoms with van der Waals surface area (Å²) in [4.78, 5) is 29.7. The van der Waals surface area contributed by atoms with Gasteiger partial charge in [0.1, 0.15) is 11.6 Å². The fourth-order valence-corrected chi connectivity index (χ4v) is 5.66. The Balaban J connectivity index is 1.58. The molecule has 0 radical (unpaired) electrons. The summed E-state index contributed by atoms with van der Waals surface area (Å²) in [5.41, 5.74) is 7.19. The summed E-state index contributed by atoms with van der Waals surface area (Å²) in [6.45, 7) is 2.89. The van der Waals surface area contributed by atoms with Crippen molar-refractivity contribution in [3.05, 3.63) is 81.9 Å². The Hall–Kier alpha value is -2.87. The minimum absolute atomic E-state index is 0.117.